The molecule has 1 aromatic heterocycles. The van der Waals surface area contributed by atoms with Crippen molar-refractivity contribution in [2.24, 2.45) is 0 Å². The standard InChI is InChI=1S/C26H22N2O4S/c29-25(17-31-19-12-10-18-11-13-26(30)32-22(18)16-19)27-14-5-15-28-20-6-1-3-8-23(20)33-24-9-4-2-7-21(24)28/h1-4,6-13,16H,5,14-15,17H2,(H,27,29). The van der Waals surface area contributed by atoms with Crippen molar-refractivity contribution in [1.29, 1.82) is 0 Å². The van der Waals surface area contributed by atoms with Gasteiger partial charge in [-0.25, -0.2) is 4.79 Å². The van der Waals surface area contributed by atoms with Gasteiger partial charge < -0.3 is 19.4 Å². The van der Waals surface area contributed by atoms with Gasteiger partial charge in [0.1, 0.15) is 11.3 Å². The third-order valence-electron chi connectivity index (χ3n) is 5.38. The van der Waals surface area contributed by atoms with Gasteiger partial charge in [0.05, 0.1) is 11.4 Å². The Morgan fingerprint density at radius 2 is 1.64 bits per heavy atom. The van der Waals surface area contributed by atoms with Gasteiger partial charge in [0.25, 0.3) is 5.91 Å². The Hall–Kier alpha value is -3.71. The molecule has 4 aromatic rings. The minimum atomic E-state index is -0.421. The first-order valence-corrected chi connectivity index (χ1v) is 11.6. The fourth-order valence-electron chi connectivity index (χ4n) is 3.82. The number of para-hydroxylation sites is 2. The van der Waals surface area contributed by atoms with Crippen LogP contribution in [0, 0.1) is 0 Å². The van der Waals surface area contributed by atoms with Crippen LogP contribution in [0.5, 0.6) is 5.75 Å². The Bertz CT molecular complexity index is 1320. The van der Waals surface area contributed by atoms with Gasteiger partial charge in [-0.05, 0) is 48.9 Å². The van der Waals surface area contributed by atoms with E-state index in [9.17, 15) is 9.59 Å². The van der Waals surface area contributed by atoms with Crippen LogP contribution in [-0.2, 0) is 4.79 Å². The number of hydrogen-bond acceptors (Lipinski definition) is 6. The lowest BCUT2D eigenvalue weighted by atomic mass is 10.2. The zero-order valence-electron chi connectivity index (χ0n) is 17.8. The summed E-state index contributed by atoms with van der Waals surface area (Å²) in [5, 5.41) is 3.71. The maximum absolute atomic E-state index is 12.3. The number of ether oxygens (including phenoxy) is 1. The monoisotopic (exact) mass is 458 g/mol. The highest BCUT2D eigenvalue weighted by Gasteiger charge is 2.22. The van der Waals surface area contributed by atoms with Crippen LogP contribution in [0.15, 0.2) is 97.9 Å². The molecule has 5 rings (SSSR count). The van der Waals surface area contributed by atoms with E-state index in [-0.39, 0.29) is 12.5 Å². The van der Waals surface area contributed by atoms with E-state index in [4.69, 9.17) is 9.15 Å². The van der Waals surface area contributed by atoms with Crippen molar-refractivity contribution in [3.63, 3.8) is 0 Å². The van der Waals surface area contributed by atoms with Gasteiger partial charge in [-0.2, -0.15) is 0 Å². The third-order valence-corrected chi connectivity index (χ3v) is 6.51. The molecule has 1 N–H and O–H groups in total. The summed E-state index contributed by atoms with van der Waals surface area (Å²) in [6.45, 7) is 1.23. The van der Waals surface area contributed by atoms with E-state index in [0.717, 1.165) is 18.4 Å². The average molecular weight is 459 g/mol. The fourth-order valence-corrected chi connectivity index (χ4v) is 4.91. The Balaban J connectivity index is 1.14. The lowest BCUT2D eigenvalue weighted by Gasteiger charge is -2.32. The maximum Gasteiger partial charge on any atom is 0.336 e. The van der Waals surface area contributed by atoms with Crippen LogP contribution in [0.2, 0.25) is 0 Å². The van der Waals surface area contributed by atoms with Crippen LogP contribution in [0.4, 0.5) is 11.4 Å². The summed E-state index contributed by atoms with van der Waals surface area (Å²) in [6.07, 6.45) is 0.792. The molecule has 7 heteroatoms. The molecule has 0 saturated heterocycles. The number of hydrogen-bond donors (Lipinski definition) is 1. The van der Waals surface area contributed by atoms with Gasteiger partial charge in [-0.15, -0.1) is 0 Å². The van der Waals surface area contributed by atoms with Crippen molar-refractivity contribution in [2.75, 3.05) is 24.6 Å². The van der Waals surface area contributed by atoms with E-state index in [2.05, 4.69) is 58.7 Å². The first-order valence-electron chi connectivity index (χ1n) is 10.7. The second kappa shape index (κ2) is 9.42. The summed E-state index contributed by atoms with van der Waals surface area (Å²) in [6, 6.07) is 25.0. The zero-order valence-corrected chi connectivity index (χ0v) is 18.6. The Labute approximate surface area is 195 Å². The molecule has 0 aliphatic carbocycles. The number of carbonyl (C=O) groups excluding carboxylic acids is 1. The number of rotatable bonds is 7. The molecule has 33 heavy (non-hydrogen) atoms. The lowest BCUT2D eigenvalue weighted by molar-refractivity contribution is -0.123. The van der Waals surface area contributed by atoms with Gasteiger partial charge in [-0.3, -0.25) is 4.79 Å². The zero-order chi connectivity index (χ0) is 22.6. The van der Waals surface area contributed by atoms with E-state index < -0.39 is 5.63 Å². The van der Waals surface area contributed by atoms with Crippen LogP contribution < -0.4 is 20.6 Å². The predicted octanol–water partition coefficient (Wildman–Crippen LogP) is 4.98. The molecule has 2 heterocycles. The number of nitrogens with zero attached hydrogens (tertiary/aromatic N) is 1. The predicted molar refractivity (Wildman–Crippen MR) is 130 cm³/mol. The minimum Gasteiger partial charge on any atom is -0.484 e. The highest BCUT2D eigenvalue weighted by molar-refractivity contribution is 7.99. The van der Waals surface area contributed by atoms with Crippen LogP contribution in [0.1, 0.15) is 6.42 Å². The van der Waals surface area contributed by atoms with Gasteiger partial charge in [-0.1, -0.05) is 36.0 Å². The number of fused-ring (bicyclic) bond motifs is 3. The Morgan fingerprint density at radius 3 is 2.39 bits per heavy atom. The summed E-state index contributed by atoms with van der Waals surface area (Å²) in [7, 11) is 0. The second-order valence-corrected chi connectivity index (χ2v) is 8.72. The second-order valence-electron chi connectivity index (χ2n) is 7.64. The summed E-state index contributed by atoms with van der Waals surface area (Å²) >= 11 is 1.78. The third kappa shape index (κ3) is 4.73. The molecular weight excluding hydrogens is 436 g/mol. The number of nitrogens with one attached hydrogen (secondary N) is 1. The number of amides is 1. The molecule has 0 unspecified atom stereocenters. The highest BCUT2D eigenvalue weighted by atomic mass is 32.2. The molecule has 0 saturated carbocycles. The van der Waals surface area contributed by atoms with Crippen molar-refractivity contribution in [3.05, 3.63) is 89.3 Å². The largest absolute Gasteiger partial charge is 0.484 e. The molecule has 0 bridgehead atoms. The summed E-state index contributed by atoms with van der Waals surface area (Å²) < 4.78 is 10.7. The van der Waals surface area contributed by atoms with Crippen molar-refractivity contribution in [3.8, 4) is 5.75 Å². The van der Waals surface area contributed by atoms with E-state index in [1.54, 1.807) is 36.0 Å². The van der Waals surface area contributed by atoms with Gasteiger partial charge in [0.15, 0.2) is 6.61 Å². The molecule has 3 aromatic carbocycles. The minimum absolute atomic E-state index is 0.103. The molecule has 6 nitrogen and oxygen atoms in total. The quantitative estimate of drug-likeness (QED) is 0.311. The van der Waals surface area contributed by atoms with Crippen molar-refractivity contribution >= 4 is 40.0 Å². The maximum atomic E-state index is 12.3. The van der Waals surface area contributed by atoms with Gasteiger partial charge >= 0.3 is 5.63 Å². The molecule has 1 aliphatic heterocycles. The molecular formula is C26H22N2O4S. The SMILES string of the molecule is O=C(COc1ccc2ccc(=O)oc2c1)NCCCN1c2ccccc2Sc2ccccc21. The smallest absolute Gasteiger partial charge is 0.336 e. The Kier molecular flexibility index (Phi) is 6.04. The molecule has 166 valence electrons. The summed E-state index contributed by atoms with van der Waals surface area (Å²) in [5.74, 6) is 0.283. The number of carbonyl (C=O) groups is 1. The van der Waals surface area contributed by atoms with Crippen LogP contribution in [0.25, 0.3) is 11.0 Å². The van der Waals surface area contributed by atoms with Crippen LogP contribution in [0.3, 0.4) is 0 Å². The molecule has 1 aliphatic rings. The van der Waals surface area contributed by atoms with Crippen molar-refractivity contribution in [1.82, 2.24) is 5.32 Å². The molecule has 0 spiro atoms. The Morgan fingerprint density at radius 1 is 0.939 bits per heavy atom. The first-order chi connectivity index (χ1) is 16.2. The normalized spacial score (nSPS) is 12.2. The average Bonchev–Trinajstić information content (AvgIpc) is 2.84. The summed E-state index contributed by atoms with van der Waals surface area (Å²) in [5.41, 5.74) is 2.40. The molecule has 0 radical (unpaired) electrons. The summed E-state index contributed by atoms with van der Waals surface area (Å²) in [4.78, 5) is 28.4. The number of anilines is 2. The van der Waals surface area contributed by atoms with Gasteiger partial charge in [0.2, 0.25) is 0 Å². The van der Waals surface area contributed by atoms with E-state index in [1.165, 1.54) is 27.2 Å². The fraction of sp³-hybridized carbons (Fsp3) is 0.154. The van der Waals surface area contributed by atoms with E-state index >= 15 is 0 Å². The van der Waals surface area contributed by atoms with Crippen LogP contribution >= 0.6 is 11.8 Å². The molecule has 0 atom stereocenters. The molecule has 1 amide bonds. The van der Waals surface area contributed by atoms with Crippen molar-refractivity contribution in [2.45, 2.75) is 16.2 Å². The number of benzene rings is 3. The topological polar surface area (TPSA) is 71.8 Å². The van der Waals surface area contributed by atoms with Crippen LogP contribution in [-0.4, -0.2) is 25.6 Å². The highest BCUT2D eigenvalue weighted by Crippen LogP contribution is 2.47. The van der Waals surface area contributed by atoms with E-state index in [1.807, 2.05) is 0 Å². The van der Waals surface area contributed by atoms with E-state index in [0.29, 0.717) is 17.9 Å². The van der Waals surface area contributed by atoms with Gasteiger partial charge in [0, 0.05) is 40.4 Å². The first kappa shape index (κ1) is 21.2. The molecule has 0 fully saturated rings. The lowest BCUT2D eigenvalue weighted by Crippen LogP contribution is -2.32. The van der Waals surface area contributed by atoms with Crippen molar-refractivity contribution < 1.29 is 13.9 Å².